The maximum atomic E-state index is 6.16. The Kier molecular flexibility index (Phi) is 3.65. The molecule has 2 N–H and O–H groups in total. The van der Waals surface area contributed by atoms with Gasteiger partial charge in [-0.3, -0.25) is 4.98 Å². The molecule has 1 aromatic heterocycles. The highest BCUT2D eigenvalue weighted by Crippen LogP contribution is 2.40. The number of anilines is 1. The lowest BCUT2D eigenvalue weighted by atomic mass is 9.91. The summed E-state index contributed by atoms with van der Waals surface area (Å²) in [7, 11) is 0. The third-order valence-electron chi connectivity index (χ3n) is 3.93. The largest absolute Gasteiger partial charge is 0.397 e. The summed E-state index contributed by atoms with van der Waals surface area (Å²) in [6.07, 6.45) is 7.15. The first-order valence-electron chi connectivity index (χ1n) is 7.04. The van der Waals surface area contributed by atoms with Gasteiger partial charge in [0.15, 0.2) is 0 Å². The second-order valence-electron chi connectivity index (χ2n) is 5.57. The van der Waals surface area contributed by atoms with Crippen LogP contribution >= 0.6 is 11.8 Å². The minimum atomic E-state index is 0.705. The molecule has 3 rings (SSSR count). The minimum Gasteiger partial charge on any atom is -0.397 e. The van der Waals surface area contributed by atoms with Gasteiger partial charge < -0.3 is 5.73 Å². The Bertz CT molecular complexity index is 582. The Morgan fingerprint density at radius 2 is 2.11 bits per heavy atom. The van der Waals surface area contributed by atoms with E-state index in [1.807, 2.05) is 17.8 Å². The average molecular weight is 272 g/mol. The summed E-state index contributed by atoms with van der Waals surface area (Å²) in [5, 5.41) is 1.91. The number of nitrogens with zero attached hydrogens (tertiary/aromatic N) is 1. The zero-order valence-corrected chi connectivity index (χ0v) is 12.1. The molecule has 0 aliphatic heterocycles. The molecule has 1 saturated carbocycles. The molecule has 0 saturated heterocycles. The second-order valence-corrected chi connectivity index (χ2v) is 6.88. The number of thioether (sulfide) groups is 1. The van der Waals surface area contributed by atoms with Gasteiger partial charge in [0.2, 0.25) is 0 Å². The summed E-state index contributed by atoms with van der Waals surface area (Å²) in [6.45, 7) is 2.36. The van der Waals surface area contributed by atoms with Crippen molar-refractivity contribution in [3.63, 3.8) is 0 Å². The lowest BCUT2D eigenvalue weighted by Gasteiger charge is -2.26. The molecule has 100 valence electrons. The van der Waals surface area contributed by atoms with Crippen LogP contribution in [0.15, 0.2) is 35.4 Å². The number of hydrogen-bond acceptors (Lipinski definition) is 3. The third-order valence-corrected chi connectivity index (χ3v) is 5.38. The lowest BCUT2D eigenvalue weighted by Crippen LogP contribution is -2.15. The van der Waals surface area contributed by atoms with Crippen molar-refractivity contribution >= 4 is 28.4 Å². The van der Waals surface area contributed by atoms with E-state index >= 15 is 0 Å². The number of fused-ring (bicyclic) bond motifs is 1. The maximum Gasteiger partial charge on any atom is 0.0714 e. The summed E-state index contributed by atoms with van der Waals surface area (Å²) in [4.78, 5) is 5.64. The van der Waals surface area contributed by atoms with Crippen LogP contribution in [0.25, 0.3) is 10.9 Å². The molecule has 3 heteroatoms. The van der Waals surface area contributed by atoms with E-state index < -0.39 is 0 Å². The van der Waals surface area contributed by atoms with Gasteiger partial charge in [0, 0.05) is 15.5 Å². The zero-order chi connectivity index (χ0) is 13.2. The molecule has 19 heavy (non-hydrogen) atoms. The molecule has 2 nitrogen and oxygen atoms in total. The van der Waals surface area contributed by atoms with E-state index in [4.69, 9.17) is 5.73 Å². The van der Waals surface area contributed by atoms with Gasteiger partial charge in [-0.1, -0.05) is 38.0 Å². The molecular formula is C16H20N2S. The number of nitrogens with two attached hydrogens (primary N) is 1. The van der Waals surface area contributed by atoms with E-state index in [1.54, 1.807) is 6.20 Å². The van der Waals surface area contributed by atoms with Crippen LogP contribution in [-0.4, -0.2) is 10.2 Å². The van der Waals surface area contributed by atoms with E-state index in [0.717, 1.165) is 17.1 Å². The number of hydrogen-bond donors (Lipinski definition) is 1. The number of pyridine rings is 1. The van der Waals surface area contributed by atoms with E-state index in [9.17, 15) is 0 Å². The SMILES string of the molecule is CC1CCCC(Sc2c(N)cnc3ccccc23)C1. The molecule has 1 aromatic carbocycles. The summed E-state index contributed by atoms with van der Waals surface area (Å²) >= 11 is 1.96. The second kappa shape index (κ2) is 5.41. The molecule has 0 spiro atoms. The number of rotatable bonds is 2. The van der Waals surface area contributed by atoms with Crippen LogP contribution in [0, 0.1) is 5.92 Å². The molecular weight excluding hydrogens is 252 g/mol. The summed E-state index contributed by atoms with van der Waals surface area (Å²) in [6, 6.07) is 8.29. The minimum absolute atomic E-state index is 0.705. The normalized spacial score (nSPS) is 23.6. The Morgan fingerprint density at radius 3 is 2.95 bits per heavy atom. The standard InChI is InChI=1S/C16H20N2S/c1-11-5-4-6-12(9-11)19-16-13-7-2-3-8-15(13)18-10-14(16)17/h2-3,7-8,10-12H,4-6,9,17H2,1H3. The first kappa shape index (κ1) is 12.8. The number of para-hydroxylation sites is 1. The molecule has 2 atom stereocenters. The average Bonchev–Trinajstić information content (AvgIpc) is 2.42. The Balaban J connectivity index is 1.93. The van der Waals surface area contributed by atoms with Gasteiger partial charge in [0.05, 0.1) is 17.4 Å². The quantitative estimate of drug-likeness (QED) is 0.875. The predicted octanol–water partition coefficient (Wildman–Crippen LogP) is 4.49. The molecule has 0 amide bonds. The molecule has 0 radical (unpaired) electrons. The number of benzene rings is 1. The summed E-state index contributed by atoms with van der Waals surface area (Å²) < 4.78 is 0. The van der Waals surface area contributed by atoms with Gasteiger partial charge in [0.25, 0.3) is 0 Å². The van der Waals surface area contributed by atoms with Crippen LogP contribution in [0.5, 0.6) is 0 Å². The summed E-state index contributed by atoms with van der Waals surface area (Å²) in [5.41, 5.74) is 8.02. The fraction of sp³-hybridized carbons (Fsp3) is 0.438. The van der Waals surface area contributed by atoms with Crippen LogP contribution in [0.4, 0.5) is 5.69 Å². The first-order chi connectivity index (χ1) is 9.24. The summed E-state index contributed by atoms with van der Waals surface area (Å²) in [5.74, 6) is 0.848. The Morgan fingerprint density at radius 1 is 1.26 bits per heavy atom. The van der Waals surface area contributed by atoms with Crippen molar-refractivity contribution in [2.75, 3.05) is 5.73 Å². The third kappa shape index (κ3) is 2.71. The van der Waals surface area contributed by atoms with Crippen molar-refractivity contribution in [3.8, 4) is 0 Å². The van der Waals surface area contributed by atoms with Crippen molar-refractivity contribution in [1.82, 2.24) is 4.98 Å². The van der Waals surface area contributed by atoms with Crippen LogP contribution in [-0.2, 0) is 0 Å². The van der Waals surface area contributed by atoms with E-state index in [0.29, 0.717) is 5.25 Å². The van der Waals surface area contributed by atoms with Crippen LogP contribution in [0.2, 0.25) is 0 Å². The van der Waals surface area contributed by atoms with Gasteiger partial charge >= 0.3 is 0 Å². The highest BCUT2D eigenvalue weighted by molar-refractivity contribution is 8.00. The molecule has 1 aliphatic carbocycles. The molecule has 0 bridgehead atoms. The highest BCUT2D eigenvalue weighted by atomic mass is 32.2. The Hall–Kier alpha value is -1.22. The lowest BCUT2D eigenvalue weighted by molar-refractivity contribution is 0.394. The van der Waals surface area contributed by atoms with Crippen LogP contribution < -0.4 is 5.73 Å². The first-order valence-corrected chi connectivity index (χ1v) is 7.92. The zero-order valence-electron chi connectivity index (χ0n) is 11.3. The molecule has 1 heterocycles. The Labute approximate surface area is 118 Å². The van der Waals surface area contributed by atoms with Crippen molar-refractivity contribution in [2.45, 2.75) is 42.8 Å². The number of nitrogen functional groups attached to an aromatic ring is 1. The van der Waals surface area contributed by atoms with Gasteiger partial charge in [-0.25, -0.2) is 0 Å². The molecule has 2 aromatic rings. The smallest absolute Gasteiger partial charge is 0.0714 e. The topological polar surface area (TPSA) is 38.9 Å². The van der Waals surface area contributed by atoms with Crippen molar-refractivity contribution in [2.24, 2.45) is 5.92 Å². The van der Waals surface area contributed by atoms with Gasteiger partial charge in [-0.15, -0.1) is 11.8 Å². The molecule has 2 unspecified atom stereocenters. The van der Waals surface area contributed by atoms with Gasteiger partial charge in [0.1, 0.15) is 0 Å². The van der Waals surface area contributed by atoms with Crippen LogP contribution in [0.1, 0.15) is 32.6 Å². The monoisotopic (exact) mass is 272 g/mol. The molecule has 1 fully saturated rings. The van der Waals surface area contributed by atoms with Gasteiger partial charge in [-0.05, 0) is 24.8 Å². The van der Waals surface area contributed by atoms with E-state index in [1.165, 1.54) is 36.0 Å². The fourth-order valence-corrected chi connectivity index (χ4v) is 4.45. The van der Waals surface area contributed by atoms with E-state index in [2.05, 4.69) is 30.1 Å². The maximum absolute atomic E-state index is 6.16. The molecule has 1 aliphatic rings. The van der Waals surface area contributed by atoms with Crippen molar-refractivity contribution in [3.05, 3.63) is 30.5 Å². The van der Waals surface area contributed by atoms with Gasteiger partial charge in [-0.2, -0.15) is 0 Å². The number of aromatic nitrogens is 1. The predicted molar refractivity (Wildman–Crippen MR) is 83.4 cm³/mol. The highest BCUT2D eigenvalue weighted by Gasteiger charge is 2.21. The van der Waals surface area contributed by atoms with Crippen LogP contribution in [0.3, 0.4) is 0 Å². The van der Waals surface area contributed by atoms with Crippen molar-refractivity contribution < 1.29 is 0 Å². The van der Waals surface area contributed by atoms with Crippen molar-refractivity contribution in [1.29, 1.82) is 0 Å². The fourth-order valence-electron chi connectivity index (χ4n) is 2.92. The van der Waals surface area contributed by atoms with E-state index in [-0.39, 0.29) is 0 Å².